The topological polar surface area (TPSA) is 95.1 Å². The number of amides is 1. The molecular weight excluding hydrogens is 310 g/mol. The van der Waals surface area contributed by atoms with Crippen molar-refractivity contribution in [3.63, 3.8) is 0 Å². The predicted molar refractivity (Wildman–Crippen MR) is 82.5 cm³/mol. The summed E-state index contributed by atoms with van der Waals surface area (Å²) in [6, 6.07) is 5.02. The molecule has 1 aliphatic heterocycles. The van der Waals surface area contributed by atoms with Crippen molar-refractivity contribution < 1.29 is 14.1 Å². The Balaban J connectivity index is 1.66. The van der Waals surface area contributed by atoms with Crippen LogP contribution in [0.1, 0.15) is 33.4 Å². The van der Waals surface area contributed by atoms with Gasteiger partial charge in [0.15, 0.2) is 5.82 Å². The lowest BCUT2D eigenvalue weighted by Gasteiger charge is -2.15. The molecule has 1 atom stereocenters. The number of aryl methyl sites for hydroxylation is 1. The normalized spacial score (nSPS) is 14.0. The number of nitrogens with one attached hydrogen (secondary N) is 1. The van der Waals surface area contributed by atoms with Crippen molar-refractivity contribution in [2.75, 3.05) is 6.61 Å². The lowest BCUT2D eigenvalue weighted by atomic mass is 10.1. The molecule has 24 heavy (non-hydrogen) atoms. The summed E-state index contributed by atoms with van der Waals surface area (Å²) in [5.41, 5.74) is 2.31. The maximum atomic E-state index is 12.8. The summed E-state index contributed by atoms with van der Waals surface area (Å²) in [6.07, 6.45) is 5.50. The van der Waals surface area contributed by atoms with Crippen molar-refractivity contribution in [2.24, 2.45) is 7.05 Å². The predicted octanol–water partition coefficient (Wildman–Crippen LogP) is 1.26. The molecule has 1 N–H and O–H groups in total. The molecule has 0 spiro atoms. The minimum absolute atomic E-state index is 0.257. The number of ether oxygens (including phenoxy) is 1. The molecule has 0 fully saturated rings. The molecule has 1 amide bonds. The minimum Gasteiger partial charge on any atom is -0.492 e. The third-order valence-corrected chi connectivity index (χ3v) is 3.93. The zero-order chi connectivity index (χ0) is 16.5. The van der Waals surface area contributed by atoms with E-state index >= 15 is 0 Å². The molecule has 2 aromatic heterocycles. The van der Waals surface area contributed by atoms with Crippen molar-refractivity contribution in [3.05, 3.63) is 59.5 Å². The van der Waals surface area contributed by atoms with Gasteiger partial charge in [0.1, 0.15) is 11.8 Å². The Morgan fingerprint density at radius 2 is 2.33 bits per heavy atom. The van der Waals surface area contributed by atoms with Gasteiger partial charge in [-0.3, -0.25) is 9.48 Å². The molecule has 0 radical (unpaired) electrons. The molecule has 1 aliphatic rings. The SMILES string of the molecule is Cn1cc(C(NC(=O)c2cccc3c2OCC3)c2ncon2)cn1. The zero-order valence-corrected chi connectivity index (χ0v) is 13.0. The lowest BCUT2D eigenvalue weighted by Crippen LogP contribution is -2.30. The van der Waals surface area contributed by atoms with Crippen LogP contribution in [0, 0.1) is 0 Å². The Kier molecular flexibility index (Phi) is 3.49. The van der Waals surface area contributed by atoms with E-state index in [4.69, 9.17) is 9.26 Å². The van der Waals surface area contributed by atoms with Crippen LogP contribution in [0.2, 0.25) is 0 Å². The molecule has 4 rings (SSSR count). The van der Waals surface area contributed by atoms with Gasteiger partial charge in [-0.05, 0) is 11.6 Å². The van der Waals surface area contributed by atoms with E-state index in [9.17, 15) is 4.79 Å². The summed E-state index contributed by atoms with van der Waals surface area (Å²) >= 11 is 0. The van der Waals surface area contributed by atoms with Crippen molar-refractivity contribution in [1.29, 1.82) is 0 Å². The second kappa shape index (κ2) is 5.80. The number of hydrogen-bond acceptors (Lipinski definition) is 6. The number of para-hydroxylation sites is 1. The van der Waals surface area contributed by atoms with Gasteiger partial charge in [0, 0.05) is 25.2 Å². The summed E-state index contributed by atoms with van der Waals surface area (Å²) in [5.74, 6) is 0.755. The lowest BCUT2D eigenvalue weighted by molar-refractivity contribution is 0.0938. The van der Waals surface area contributed by atoms with Crippen LogP contribution in [0.3, 0.4) is 0 Å². The second-order valence-electron chi connectivity index (χ2n) is 5.54. The van der Waals surface area contributed by atoms with Crippen molar-refractivity contribution in [1.82, 2.24) is 25.2 Å². The molecule has 0 saturated carbocycles. The van der Waals surface area contributed by atoms with E-state index in [1.807, 2.05) is 12.1 Å². The summed E-state index contributed by atoms with van der Waals surface area (Å²) in [5, 5.41) is 10.9. The third kappa shape index (κ3) is 2.51. The van der Waals surface area contributed by atoms with Gasteiger partial charge < -0.3 is 14.6 Å². The Bertz CT molecular complexity index is 872. The Labute approximate surface area is 137 Å². The van der Waals surface area contributed by atoms with Gasteiger partial charge in [0.2, 0.25) is 6.39 Å². The summed E-state index contributed by atoms with van der Waals surface area (Å²) < 4.78 is 12.1. The average molecular weight is 325 g/mol. The Morgan fingerprint density at radius 3 is 3.08 bits per heavy atom. The van der Waals surface area contributed by atoms with Crippen LogP contribution in [-0.2, 0) is 13.5 Å². The van der Waals surface area contributed by atoms with E-state index in [0.29, 0.717) is 23.7 Å². The number of nitrogens with zero attached hydrogens (tertiary/aromatic N) is 4. The van der Waals surface area contributed by atoms with Crippen LogP contribution in [0.4, 0.5) is 0 Å². The monoisotopic (exact) mass is 325 g/mol. The first-order valence-corrected chi connectivity index (χ1v) is 7.53. The number of fused-ring (bicyclic) bond motifs is 1. The second-order valence-corrected chi connectivity index (χ2v) is 5.54. The molecule has 122 valence electrons. The number of aromatic nitrogens is 4. The van der Waals surface area contributed by atoms with Crippen molar-refractivity contribution >= 4 is 5.91 Å². The number of rotatable bonds is 4. The standard InChI is InChI=1S/C16H15N5O3/c1-21-8-11(7-18-21)13(15-17-9-24-20-15)19-16(22)12-4-2-3-10-5-6-23-14(10)12/h2-4,7-9,13H,5-6H2,1H3,(H,19,22). The summed E-state index contributed by atoms with van der Waals surface area (Å²) in [4.78, 5) is 16.8. The van der Waals surface area contributed by atoms with Crippen LogP contribution >= 0.6 is 0 Å². The number of carbonyl (C=O) groups is 1. The van der Waals surface area contributed by atoms with Crippen molar-refractivity contribution in [3.8, 4) is 5.75 Å². The van der Waals surface area contributed by atoms with E-state index in [2.05, 4.69) is 20.6 Å². The van der Waals surface area contributed by atoms with E-state index < -0.39 is 6.04 Å². The van der Waals surface area contributed by atoms with Crippen LogP contribution in [0.15, 0.2) is 41.5 Å². The van der Waals surface area contributed by atoms with Crippen LogP contribution in [-0.4, -0.2) is 32.4 Å². The largest absolute Gasteiger partial charge is 0.492 e. The maximum absolute atomic E-state index is 12.8. The van der Waals surface area contributed by atoms with Gasteiger partial charge in [-0.2, -0.15) is 10.1 Å². The molecule has 3 aromatic rings. The van der Waals surface area contributed by atoms with Gasteiger partial charge in [-0.15, -0.1) is 0 Å². The van der Waals surface area contributed by atoms with E-state index in [1.54, 1.807) is 30.2 Å². The number of benzene rings is 1. The van der Waals surface area contributed by atoms with E-state index in [0.717, 1.165) is 17.5 Å². The van der Waals surface area contributed by atoms with Gasteiger partial charge in [-0.1, -0.05) is 17.3 Å². The average Bonchev–Trinajstić information content (AvgIpc) is 3.32. The first-order valence-electron chi connectivity index (χ1n) is 7.53. The first-order chi connectivity index (χ1) is 11.7. The number of carbonyl (C=O) groups excluding carboxylic acids is 1. The fourth-order valence-corrected chi connectivity index (χ4v) is 2.79. The molecular formula is C16H15N5O3. The van der Waals surface area contributed by atoms with Crippen LogP contribution < -0.4 is 10.1 Å². The molecule has 0 aliphatic carbocycles. The van der Waals surface area contributed by atoms with Gasteiger partial charge in [0.25, 0.3) is 5.91 Å². The summed E-state index contributed by atoms with van der Waals surface area (Å²) in [7, 11) is 1.80. The first kappa shape index (κ1) is 14.4. The van der Waals surface area contributed by atoms with Crippen LogP contribution in [0.5, 0.6) is 5.75 Å². The molecule has 0 bridgehead atoms. The fraction of sp³-hybridized carbons (Fsp3) is 0.250. The highest BCUT2D eigenvalue weighted by Gasteiger charge is 2.26. The Hall–Kier alpha value is -3.16. The highest BCUT2D eigenvalue weighted by Crippen LogP contribution is 2.30. The van der Waals surface area contributed by atoms with E-state index in [1.165, 1.54) is 6.39 Å². The maximum Gasteiger partial charge on any atom is 0.255 e. The van der Waals surface area contributed by atoms with Crippen LogP contribution in [0.25, 0.3) is 0 Å². The quantitative estimate of drug-likeness (QED) is 0.776. The summed E-state index contributed by atoms with van der Waals surface area (Å²) in [6.45, 7) is 0.594. The smallest absolute Gasteiger partial charge is 0.255 e. The Morgan fingerprint density at radius 1 is 1.42 bits per heavy atom. The van der Waals surface area contributed by atoms with E-state index in [-0.39, 0.29) is 5.91 Å². The highest BCUT2D eigenvalue weighted by molar-refractivity contribution is 5.98. The van der Waals surface area contributed by atoms with Crippen molar-refractivity contribution in [2.45, 2.75) is 12.5 Å². The molecule has 0 saturated heterocycles. The molecule has 8 nitrogen and oxygen atoms in total. The number of hydrogen-bond donors (Lipinski definition) is 1. The third-order valence-electron chi connectivity index (χ3n) is 3.93. The fourth-order valence-electron chi connectivity index (χ4n) is 2.79. The molecule has 1 unspecified atom stereocenters. The van der Waals surface area contributed by atoms with Gasteiger partial charge >= 0.3 is 0 Å². The molecule has 1 aromatic carbocycles. The molecule has 3 heterocycles. The van der Waals surface area contributed by atoms with Gasteiger partial charge in [0.05, 0.1) is 18.4 Å². The zero-order valence-electron chi connectivity index (χ0n) is 13.0. The molecule has 8 heteroatoms. The highest BCUT2D eigenvalue weighted by atomic mass is 16.5. The minimum atomic E-state index is -0.554. The van der Waals surface area contributed by atoms with Gasteiger partial charge in [-0.25, -0.2) is 0 Å².